The number of hydrogen-bond acceptors (Lipinski definition) is 5. The Balaban J connectivity index is 1.86. The first-order chi connectivity index (χ1) is 10.5. The molecule has 0 aliphatic rings. The first kappa shape index (κ1) is 14.2. The maximum atomic E-state index is 12.2. The third-order valence-corrected chi connectivity index (χ3v) is 4.02. The van der Waals surface area contributed by atoms with E-state index in [1.54, 1.807) is 29.5 Å². The summed E-state index contributed by atoms with van der Waals surface area (Å²) in [7, 11) is 0. The Bertz CT molecular complexity index is 889. The molecule has 0 saturated carbocycles. The number of non-ortho nitro benzene ring substituents is 1. The molecule has 1 amide bonds. The van der Waals surface area contributed by atoms with Gasteiger partial charge in [0.2, 0.25) is 0 Å². The van der Waals surface area contributed by atoms with E-state index >= 15 is 0 Å². The Labute approximate surface area is 129 Å². The molecule has 0 bridgehead atoms. The number of anilines is 1. The minimum absolute atomic E-state index is 0.0663. The Kier molecular flexibility index (Phi) is 3.56. The van der Waals surface area contributed by atoms with Gasteiger partial charge in [-0.2, -0.15) is 0 Å². The monoisotopic (exact) mass is 313 g/mol. The van der Waals surface area contributed by atoms with Crippen LogP contribution in [0.5, 0.6) is 0 Å². The molecule has 1 N–H and O–H groups in total. The van der Waals surface area contributed by atoms with E-state index in [9.17, 15) is 14.9 Å². The third-order valence-electron chi connectivity index (χ3n) is 3.07. The predicted octanol–water partition coefficient (Wildman–Crippen LogP) is 3.77. The number of aryl methyl sites for hydroxylation is 1. The molecule has 3 rings (SSSR count). The minimum atomic E-state index is -0.500. The molecule has 0 radical (unpaired) electrons. The molecule has 1 heterocycles. The van der Waals surface area contributed by atoms with Gasteiger partial charge in [-0.3, -0.25) is 14.9 Å². The molecule has 0 unspecified atom stereocenters. The average Bonchev–Trinajstić information content (AvgIpc) is 2.86. The van der Waals surface area contributed by atoms with Crippen molar-refractivity contribution >= 4 is 38.8 Å². The Hall–Kier alpha value is -2.80. The highest BCUT2D eigenvalue weighted by Crippen LogP contribution is 2.23. The van der Waals surface area contributed by atoms with E-state index in [1.807, 2.05) is 13.0 Å². The van der Waals surface area contributed by atoms with Gasteiger partial charge in [0.05, 0.1) is 20.1 Å². The number of nitrogens with zero attached hydrogens (tertiary/aromatic N) is 2. The van der Waals surface area contributed by atoms with E-state index in [0.29, 0.717) is 11.3 Å². The summed E-state index contributed by atoms with van der Waals surface area (Å²) in [6.45, 7) is 1.91. The minimum Gasteiger partial charge on any atom is -0.322 e. The highest BCUT2D eigenvalue weighted by atomic mass is 32.1. The number of nitrogens with one attached hydrogen (secondary N) is 1. The van der Waals surface area contributed by atoms with Crippen LogP contribution in [0.25, 0.3) is 10.2 Å². The van der Waals surface area contributed by atoms with Crippen LogP contribution >= 0.6 is 11.3 Å². The van der Waals surface area contributed by atoms with E-state index in [4.69, 9.17) is 0 Å². The Morgan fingerprint density at radius 3 is 2.86 bits per heavy atom. The van der Waals surface area contributed by atoms with E-state index in [2.05, 4.69) is 10.3 Å². The molecular weight excluding hydrogens is 302 g/mol. The average molecular weight is 313 g/mol. The van der Waals surface area contributed by atoms with Gasteiger partial charge in [0, 0.05) is 23.4 Å². The van der Waals surface area contributed by atoms with Crippen LogP contribution in [-0.4, -0.2) is 15.8 Å². The van der Waals surface area contributed by atoms with Gasteiger partial charge in [-0.1, -0.05) is 6.07 Å². The zero-order valence-electron chi connectivity index (χ0n) is 11.6. The fraction of sp³-hybridized carbons (Fsp3) is 0.0667. The molecule has 2 aromatic carbocycles. The number of thiazole rings is 1. The van der Waals surface area contributed by atoms with E-state index in [-0.39, 0.29) is 11.6 Å². The third kappa shape index (κ3) is 2.79. The molecule has 7 heteroatoms. The number of benzene rings is 2. The molecule has 110 valence electrons. The van der Waals surface area contributed by atoms with Crippen molar-refractivity contribution in [3.63, 3.8) is 0 Å². The SMILES string of the molecule is Cc1nc2cc(C(=O)Nc3cccc([N+](=O)[O-])c3)ccc2s1. The standard InChI is InChI=1S/C15H11N3O3S/c1-9-16-13-7-10(5-6-14(13)22-9)15(19)17-11-3-2-4-12(8-11)18(20)21/h2-8H,1H3,(H,17,19). The molecular formula is C15H11N3O3S. The summed E-state index contributed by atoms with van der Waals surface area (Å²) in [6.07, 6.45) is 0. The van der Waals surface area contributed by atoms with Crippen LogP contribution in [0, 0.1) is 17.0 Å². The van der Waals surface area contributed by atoms with Crippen molar-refractivity contribution in [2.45, 2.75) is 6.92 Å². The molecule has 22 heavy (non-hydrogen) atoms. The van der Waals surface area contributed by atoms with Crippen LogP contribution < -0.4 is 5.32 Å². The lowest BCUT2D eigenvalue weighted by molar-refractivity contribution is -0.384. The second-order valence-corrected chi connectivity index (χ2v) is 5.91. The van der Waals surface area contributed by atoms with Crippen molar-refractivity contribution in [2.24, 2.45) is 0 Å². The number of aromatic nitrogens is 1. The van der Waals surface area contributed by atoms with Gasteiger partial charge in [-0.25, -0.2) is 4.98 Å². The fourth-order valence-electron chi connectivity index (χ4n) is 2.08. The van der Waals surface area contributed by atoms with Crippen LogP contribution in [0.4, 0.5) is 11.4 Å². The number of hydrogen-bond donors (Lipinski definition) is 1. The normalized spacial score (nSPS) is 10.6. The molecule has 0 spiro atoms. The van der Waals surface area contributed by atoms with E-state index in [0.717, 1.165) is 15.2 Å². The van der Waals surface area contributed by atoms with Crippen molar-refractivity contribution < 1.29 is 9.72 Å². The number of carbonyl (C=O) groups is 1. The second kappa shape index (κ2) is 5.53. The predicted molar refractivity (Wildman–Crippen MR) is 85.4 cm³/mol. The van der Waals surface area contributed by atoms with Gasteiger partial charge in [0.1, 0.15) is 0 Å². The van der Waals surface area contributed by atoms with E-state index in [1.165, 1.54) is 18.2 Å². The summed E-state index contributed by atoms with van der Waals surface area (Å²) in [6, 6.07) is 11.1. The lowest BCUT2D eigenvalue weighted by Crippen LogP contribution is -2.11. The fourth-order valence-corrected chi connectivity index (χ4v) is 2.89. The zero-order chi connectivity index (χ0) is 15.7. The largest absolute Gasteiger partial charge is 0.322 e. The van der Waals surface area contributed by atoms with Crippen molar-refractivity contribution in [1.29, 1.82) is 0 Å². The second-order valence-electron chi connectivity index (χ2n) is 4.68. The lowest BCUT2D eigenvalue weighted by atomic mass is 10.2. The molecule has 3 aromatic rings. The van der Waals surface area contributed by atoms with Crippen LogP contribution in [0.3, 0.4) is 0 Å². The molecule has 0 aliphatic heterocycles. The highest BCUT2D eigenvalue weighted by molar-refractivity contribution is 7.18. The molecule has 0 aliphatic carbocycles. The van der Waals surface area contributed by atoms with Gasteiger partial charge >= 0.3 is 0 Å². The van der Waals surface area contributed by atoms with Crippen LogP contribution in [0.2, 0.25) is 0 Å². The van der Waals surface area contributed by atoms with Gasteiger partial charge in [-0.05, 0) is 31.2 Å². The number of nitro benzene ring substituents is 1. The molecule has 1 aromatic heterocycles. The first-order valence-corrected chi connectivity index (χ1v) is 7.27. The zero-order valence-corrected chi connectivity index (χ0v) is 12.4. The lowest BCUT2D eigenvalue weighted by Gasteiger charge is -2.05. The smallest absolute Gasteiger partial charge is 0.271 e. The number of carbonyl (C=O) groups excluding carboxylic acids is 1. The summed E-state index contributed by atoms with van der Waals surface area (Å²) in [5.74, 6) is -0.326. The maximum absolute atomic E-state index is 12.2. The summed E-state index contributed by atoms with van der Waals surface area (Å²) in [5.41, 5.74) is 1.55. The number of nitro groups is 1. The Morgan fingerprint density at radius 1 is 1.27 bits per heavy atom. The molecule has 0 atom stereocenters. The number of fused-ring (bicyclic) bond motifs is 1. The topological polar surface area (TPSA) is 85.1 Å². The molecule has 0 saturated heterocycles. The summed E-state index contributed by atoms with van der Waals surface area (Å²) in [5, 5.41) is 14.3. The number of rotatable bonds is 3. The maximum Gasteiger partial charge on any atom is 0.271 e. The quantitative estimate of drug-likeness (QED) is 0.589. The van der Waals surface area contributed by atoms with E-state index < -0.39 is 4.92 Å². The summed E-state index contributed by atoms with van der Waals surface area (Å²) in [4.78, 5) is 26.8. The van der Waals surface area contributed by atoms with Gasteiger partial charge in [0.25, 0.3) is 11.6 Å². The summed E-state index contributed by atoms with van der Waals surface area (Å²) >= 11 is 1.56. The van der Waals surface area contributed by atoms with Gasteiger partial charge in [-0.15, -0.1) is 11.3 Å². The molecule has 6 nitrogen and oxygen atoms in total. The summed E-state index contributed by atoms with van der Waals surface area (Å²) < 4.78 is 1.02. The van der Waals surface area contributed by atoms with Gasteiger partial charge in [0.15, 0.2) is 0 Å². The van der Waals surface area contributed by atoms with Crippen molar-refractivity contribution in [3.8, 4) is 0 Å². The van der Waals surface area contributed by atoms with Crippen molar-refractivity contribution in [1.82, 2.24) is 4.98 Å². The molecule has 0 fully saturated rings. The number of amides is 1. The van der Waals surface area contributed by atoms with Crippen LogP contribution in [0.1, 0.15) is 15.4 Å². The van der Waals surface area contributed by atoms with Crippen LogP contribution in [-0.2, 0) is 0 Å². The van der Waals surface area contributed by atoms with Crippen molar-refractivity contribution in [3.05, 3.63) is 63.1 Å². The Morgan fingerprint density at radius 2 is 2.09 bits per heavy atom. The highest BCUT2D eigenvalue weighted by Gasteiger charge is 2.11. The van der Waals surface area contributed by atoms with Gasteiger partial charge < -0.3 is 5.32 Å². The van der Waals surface area contributed by atoms with Crippen molar-refractivity contribution in [2.75, 3.05) is 5.32 Å². The first-order valence-electron chi connectivity index (χ1n) is 6.46. The van der Waals surface area contributed by atoms with Crippen LogP contribution in [0.15, 0.2) is 42.5 Å².